The molecule has 0 saturated carbocycles. The van der Waals surface area contributed by atoms with Crippen molar-refractivity contribution in [2.75, 3.05) is 27.7 Å². The largest absolute Gasteiger partial charge is 0.494 e. The Hall–Kier alpha value is -2.01. The number of carboxylic acid groups (broad SMARTS) is 1. The SMILES string of the molecule is COc1c(C(=O)O)n(CCN(C)C)c2ccccc12. The highest BCUT2D eigenvalue weighted by Gasteiger charge is 2.22. The van der Waals surface area contributed by atoms with Crippen molar-refractivity contribution in [3.63, 3.8) is 0 Å². The van der Waals surface area contributed by atoms with Gasteiger partial charge in [-0.25, -0.2) is 4.79 Å². The van der Waals surface area contributed by atoms with E-state index in [-0.39, 0.29) is 5.69 Å². The van der Waals surface area contributed by atoms with Crippen LogP contribution in [-0.4, -0.2) is 48.3 Å². The highest BCUT2D eigenvalue weighted by molar-refractivity contribution is 6.01. The summed E-state index contributed by atoms with van der Waals surface area (Å²) in [5.74, 6) is -0.534. The molecule has 0 bridgehead atoms. The maximum Gasteiger partial charge on any atom is 0.356 e. The number of benzene rings is 1. The molecule has 1 aromatic heterocycles. The first kappa shape index (κ1) is 13.4. The molecule has 102 valence electrons. The lowest BCUT2D eigenvalue weighted by Crippen LogP contribution is -2.20. The summed E-state index contributed by atoms with van der Waals surface area (Å²) in [4.78, 5) is 13.5. The van der Waals surface area contributed by atoms with Crippen LogP contribution in [0.15, 0.2) is 24.3 Å². The molecule has 2 rings (SSSR count). The monoisotopic (exact) mass is 262 g/mol. The van der Waals surface area contributed by atoms with Crippen LogP contribution < -0.4 is 4.74 Å². The summed E-state index contributed by atoms with van der Waals surface area (Å²) in [5, 5.41) is 10.3. The molecule has 0 aliphatic heterocycles. The minimum atomic E-state index is -0.966. The van der Waals surface area contributed by atoms with Gasteiger partial charge in [0.15, 0.2) is 11.4 Å². The molecule has 19 heavy (non-hydrogen) atoms. The number of rotatable bonds is 5. The van der Waals surface area contributed by atoms with Crippen LogP contribution in [-0.2, 0) is 6.54 Å². The minimum Gasteiger partial charge on any atom is -0.494 e. The smallest absolute Gasteiger partial charge is 0.356 e. The van der Waals surface area contributed by atoms with Gasteiger partial charge in [0.05, 0.1) is 12.6 Å². The molecule has 0 fully saturated rings. The Morgan fingerprint density at radius 1 is 1.37 bits per heavy atom. The van der Waals surface area contributed by atoms with Gasteiger partial charge < -0.3 is 19.3 Å². The van der Waals surface area contributed by atoms with E-state index in [0.717, 1.165) is 17.4 Å². The highest BCUT2D eigenvalue weighted by atomic mass is 16.5. The predicted octanol–water partition coefficient (Wildman–Crippen LogP) is 1.91. The molecular formula is C14H18N2O3. The van der Waals surface area contributed by atoms with E-state index in [1.54, 1.807) is 4.57 Å². The summed E-state index contributed by atoms with van der Waals surface area (Å²) in [7, 11) is 5.43. The first-order valence-corrected chi connectivity index (χ1v) is 6.09. The number of aromatic nitrogens is 1. The number of carbonyl (C=O) groups is 1. The molecule has 0 atom stereocenters. The van der Waals surface area contributed by atoms with Crippen LogP contribution >= 0.6 is 0 Å². The van der Waals surface area contributed by atoms with Crippen molar-refractivity contribution in [1.29, 1.82) is 0 Å². The van der Waals surface area contributed by atoms with Gasteiger partial charge >= 0.3 is 5.97 Å². The van der Waals surface area contributed by atoms with E-state index in [1.807, 2.05) is 43.3 Å². The lowest BCUT2D eigenvalue weighted by atomic mass is 10.2. The molecule has 0 aliphatic carbocycles. The van der Waals surface area contributed by atoms with E-state index in [1.165, 1.54) is 7.11 Å². The van der Waals surface area contributed by atoms with Crippen molar-refractivity contribution in [3.05, 3.63) is 30.0 Å². The van der Waals surface area contributed by atoms with E-state index < -0.39 is 5.97 Å². The molecule has 0 radical (unpaired) electrons. The quantitative estimate of drug-likeness (QED) is 0.894. The second kappa shape index (κ2) is 5.32. The molecule has 0 spiro atoms. The third-order valence-corrected chi connectivity index (χ3v) is 3.10. The van der Waals surface area contributed by atoms with E-state index in [2.05, 4.69) is 0 Å². The Morgan fingerprint density at radius 3 is 2.63 bits per heavy atom. The summed E-state index contributed by atoms with van der Waals surface area (Å²) in [5.41, 5.74) is 1.10. The van der Waals surface area contributed by atoms with Crippen LogP contribution in [0.2, 0.25) is 0 Å². The van der Waals surface area contributed by atoms with Gasteiger partial charge in [0.2, 0.25) is 0 Å². The van der Waals surface area contributed by atoms with Gasteiger partial charge in [0, 0.05) is 18.5 Å². The molecule has 0 saturated heterocycles. The fraction of sp³-hybridized carbons (Fsp3) is 0.357. The van der Waals surface area contributed by atoms with E-state index >= 15 is 0 Å². The Kier molecular flexibility index (Phi) is 3.76. The fourth-order valence-corrected chi connectivity index (χ4v) is 2.22. The predicted molar refractivity (Wildman–Crippen MR) is 74.0 cm³/mol. The van der Waals surface area contributed by atoms with Gasteiger partial charge in [-0.1, -0.05) is 12.1 Å². The highest BCUT2D eigenvalue weighted by Crippen LogP contribution is 2.33. The molecule has 1 N–H and O–H groups in total. The normalized spacial score (nSPS) is 11.2. The Bertz CT molecular complexity index is 602. The number of hydrogen-bond acceptors (Lipinski definition) is 3. The summed E-state index contributed by atoms with van der Waals surface area (Å²) in [6.45, 7) is 1.38. The number of likely N-dealkylation sites (N-methyl/N-ethyl adjacent to an activating group) is 1. The molecule has 0 aliphatic rings. The zero-order chi connectivity index (χ0) is 14.0. The minimum absolute atomic E-state index is 0.213. The summed E-state index contributed by atoms with van der Waals surface area (Å²) >= 11 is 0. The number of methoxy groups -OCH3 is 1. The molecule has 5 heteroatoms. The van der Waals surface area contributed by atoms with Gasteiger partial charge in [-0.2, -0.15) is 0 Å². The third kappa shape index (κ3) is 2.42. The van der Waals surface area contributed by atoms with Crippen LogP contribution in [0, 0.1) is 0 Å². The van der Waals surface area contributed by atoms with Crippen LogP contribution in [0.4, 0.5) is 0 Å². The first-order valence-electron chi connectivity index (χ1n) is 6.09. The van der Waals surface area contributed by atoms with Crippen molar-refractivity contribution in [2.24, 2.45) is 0 Å². The topological polar surface area (TPSA) is 54.7 Å². The zero-order valence-electron chi connectivity index (χ0n) is 11.4. The van der Waals surface area contributed by atoms with Gasteiger partial charge in [-0.3, -0.25) is 0 Å². The maximum absolute atomic E-state index is 11.5. The number of nitrogens with zero attached hydrogens (tertiary/aromatic N) is 2. The van der Waals surface area contributed by atoms with Crippen molar-refractivity contribution in [1.82, 2.24) is 9.47 Å². The molecule has 0 amide bonds. The van der Waals surface area contributed by atoms with Gasteiger partial charge in [0.25, 0.3) is 0 Å². The Labute approximate surface area is 112 Å². The second-order valence-electron chi connectivity index (χ2n) is 4.66. The van der Waals surface area contributed by atoms with Crippen LogP contribution in [0.1, 0.15) is 10.5 Å². The average Bonchev–Trinajstić information content (AvgIpc) is 2.70. The molecule has 5 nitrogen and oxygen atoms in total. The summed E-state index contributed by atoms with van der Waals surface area (Å²) in [6, 6.07) is 7.58. The second-order valence-corrected chi connectivity index (χ2v) is 4.66. The van der Waals surface area contributed by atoms with Crippen molar-refractivity contribution in [2.45, 2.75) is 6.54 Å². The van der Waals surface area contributed by atoms with Gasteiger partial charge in [0.1, 0.15) is 0 Å². The third-order valence-electron chi connectivity index (χ3n) is 3.10. The lowest BCUT2D eigenvalue weighted by molar-refractivity contribution is 0.0681. The number of aromatic carboxylic acids is 1. The fourth-order valence-electron chi connectivity index (χ4n) is 2.22. The Balaban J connectivity index is 2.64. The van der Waals surface area contributed by atoms with Gasteiger partial charge in [-0.15, -0.1) is 0 Å². The number of hydrogen-bond donors (Lipinski definition) is 1. The van der Waals surface area contributed by atoms with E-state index in [4.69, 9.17) is 4.74 Å². The maximum atomic E-state index is 11.5. The summed E-state index contributed by atoms with van der Waals surface area (Å²) < 4.78 is 7.09. The molecular weight excluding hydrogens is 244 g/mol. The standard InChI is InChI=1S/C14H18N2O3/c1-15(2)8-9-16-11-7-5-4-6-10(11)13(19-3)12(16)14(17)18/h4-7H,8-9H2,1-3H3,(H,17,18). The van der Waals surface area contributed by atoms with Crippen molar-refractivity contribution in [3.8, 4) is 5.75 Å². The van der Waals surface area contributed by atoms with Crippen LogP contribution in [0.25, 0.3) is 10.9 Å². The van der Waals surface area contributed by atoms with Crippen molar-refractivity contribution < 1.29 is 14.6 Å². The number of ether oxygens (including phenoxy) is 1. The number of fused-ring (bicyclic) bond motifs is 1. The molecule has 1 aromatic carbocycles. The van der Waals surface area contributed by atoms with Gasteiger partial charge in [-0.05, 0) is 26.2 Å². The molecule has 1 heterocycles. The van der Waals surface area contributed by atoms with E-state index in [0.29, 0.717) is 12.3 Å². The lowest BCUT2D eigenvalue weighted by Gasteiger charge is -2.13. The molecule has 2 aromatic rings. The number of para-hydroxylation sites is 1. The van der Waals surface area contributed by atoms with Crippen LogP contribution in [0.5, 0.6) is 5.75 Å². The summed E-state index contributed by atoms with van der Waals surface area (Å²) in [6.07, 6.45) is 0. The van der Waals surface area contributed by atoms with E-state index in [9.17, 15) is 9.90 Å². The van der Waals surface area contributed by atoms with Crippen LogP contribution in [0.3, 0.4) is 0 Å². The molecule has 0 unspecified atom stereocenters. The average molecular weight is 262 g/mol. The van der Waals surface area contributed by atoms with Crippen molar-refractivity contribution >= 4 is 16.9 Å². The first-order chi connectivity index (χ1) is 9.06. The number of carboxylic acids is 1. The zero-order valence-corrected chi connectivity index (χ0v) is 11.4. The Morgan fingerprint density at radius 2 is 2.05 bits per heavy atom.